The van der Waals surface area contributed by atoms with Gasteiger partial charge in [-0.3, -0.25) is 9.69 Å². The minimum atomic E-state index is -0.222. The molecule has 4 nitrogen and oxygen atoms in total. The average molecular weight is 330 g/mol. The number of morpholine rings is 1. The highest BCUT2D eigenvalue weighted by atomic mass is 19.1. The minimum absolute atomic E-state index is 0.0356. The Hall–Kier alpha value is -1.46. The van der Waals surface area contributed by atoms with Crippen LogP contribution in [0.2, 0.25) is 0 Å². The molecule has 0 radical (unpaired) electrons. The van der Waals surface area contributed by atoms with Crippen molar-refractivity contribution in [2.24, 2.45) is 17.8 Å². The van der Waals surface area contributed by atoms with Gasteiger partial charge in [0, 0.05) is 19.1 Å². The van der Waals surface area contributed by atoms with E-state index in [1.54, 1.807) is 12.1 Å². The largest absolute Gasteiger partial charge is 0.371 e. The highest BCUT2D eigenvalue weighted by molar-refractivity contribution is 5.87. The van der Waals surface area contributed by atoms with Crippen molar-refractivity contribution in [1.29, 1.82) is 0 Å². The van der Waals surface area contributed by atoms with E-state index in [0.717, 1.165) is 31.2 Å². The summed E-state index contributed by atoms with van der Waals surface area (Å²) in [5.41, 5.74) is 1.01. The molecule has 0 N–H and O–H groups in total. The summed E-state index contributed by atoms with van der Waals surface area (Å²) in [5, 5.41) is 0. The first-order valence-corrected chi connectivity index (χ1v) is 9.10. The third-order valence-electron chi connectivity index (χ3n) is 6.55. The molecule has 0 unspecified atom stereocenters. The maximum Gasteiger partial charge on any atom is 0.229 e. The summed E-state index contributed by atoms with van der Waals surface area (Å²) in [6.45, 7) is 3.00. The zero-order valence-electron chi connectivity index (χ0n) is 13.7. The van der Waals surface area contributed by atoms with Gasteiger partial charge in [0.15, 0.2) is 0 Å². The first-order valence-electron chi connectivity index (χ1n) is 9.10. The standard InChI is InChI=1S/C19H23FN2O2/c20-15-5-3-12(4-6-15)16-10-21(7-8-24-16)11-22-18-14-2-1-13(9-14)17(18)19(22)23/h3-6,13-14,16-18H,1-2,7-11H2/t13-,14-,16-,17+,18+/m0/s1. The van der Waals surface area contributed by atoms with Crippen LogP contribution in [-0.2, 0) is 9.53 Å². The molecule has 2 aliphatic carbocycles. The SMILES string of the molecule is O=C1[C@@H]2[C@H]3CC[C@@H](C3)[C@H]2N1CN1CCO[C@H](c2ccc(F)cc2)C1. The van der Waals surface area contributed by atoms with Crippen molar-refractivity contribution in [2.75, 3.05) is 26.4 Å². The van der Waals surface area contributed by atoms with Crippen LogP contribution in [0.25, 0.3) is 0 Å². The highest BCUT2D eigenvalue weighted by Crippen LogP contribution is 2.56. The molecule has 128 valence electrons. The Morgan fingerprint density at radius 3 is 2.79 bits per heavy atom. The maximum atomic E-state index is 13.1. The number of amides is 1. The fraction of sp³-hybridized carbons (Fsp3) is 0.632. The predicted molar refractivity (Wildman–Crippen MR) is 86.5 cm³/mol. The van der Waals surface area contributed by atoms with Gasteiger partial charge in [-0.05, 0) is 48.8 Å². The van der Waals surface area contributed by atoms with E-state index < -0.39 is 0 Å². The summed E-state index contributed by atoms with van der Waals surface area (Å²) in [4.78, 5) is 17.0. The molecular formula is C19H23FN2O2. The first kappa shape index (κ1) is 14.8. The van der Waals surface area contributed by atoms with Gasteiger partial charge in [-0.1, -0.05) is 12.1 Å². The quantitative estimate of drug-likeness (QED) is 0.798. The Balaban J connectivity index is 1.25. The van der Waals surface area contributed by atoms with Gasteiger partial charge in [0.2, 0.25) is 5.91 Å². The normalized spacial score (nSPS) is 38.3. The molecule has 5 atom stereocenters. The Morgan fingerprint density at radius 1 is 1.17 bits per heavy atom. The van der Waals surface area contributed by atoms with Crippen molar-refractivity contribution in [1.82, 2.24) is 9.80 Å². The number of halogens is 1. The van der Waals surface area contributed by atoms with Crippen LogP contribution in [0.4, 0.5) is 4.39 Å². The van der Waals surface area contributed by atoms with Gasteiger partial charge >= 0.3 is 0 Å². The van der Waals surface area contributed by atoms with Crippen molar-refractivity contribution in [3.8, 4) is 0 Å². The number of hydrogen-bond acceptors (Lipinski definition) is 3. The van der Waals surface area contributed by atoms with Gasteiger partial charge < -0.3 is 9.64 Å². The fourth-order valence-corrected chi connectivity index (χ4v) is 5.40. The number of rotatable bonds is 3. The first-order chi connectivity index (χ1) is 11.7. The molecule has 5 rings (SSSR count). The third kappa shape index (κ3) is 2.21. The van der Waals surface area contributed by atoms with Crippen LogP contribution in [-0.4, -0.2) is 48.1 Å². The number of ether oxygens (including phenoxy) is 1. The van der Waals surface area contributed by atoms with Gasteiger partial charge in [-0.25, -0.2) is 4.39 Å². The van der Waals surface area contributed by atoms with Crippen LogP contribution < -0.4 is 0 Å². The second-order valence-electron chi connectivity index (χ2n) is 7.79. The molecule has 5 heteroatoms. The van der Waals surface area contributed by atoms with Crippen LogP contribution in [0.1, 0.15) is 30.9 Å². The van der Waals surface area contributed by atoms with Crippen LogP contribution >= 0.6 is 0 Å². The molecule has 2 saturated heterocycles. The van der Waals surface area contributed by atoms with Crippen LogP contribution in [0.5, 0.6) is 0 Å². The van der Waals surface area contributed by atoms with E-state index in [0.29, 0.717) is 30.4 Å². The molecule has 1 aromatic carbocycles. The lowest BCUT2D eigenvalue weighted by Gasteiger charge is -2.51. The molecule has 2 aliphatic heterocycles. The summed E-state index contributed by atoms with van der Waals surface area (Å²) < 4.78 is 19.0. The molecule has 2 saturated carbocycles. The summed E-state index contributed by atoms with van der Waals surface area (Å²) >= 11 is 0. The molecule has 4 fully saturated rings. The average Bonchev–Trinajstić information content (AvgIpc) is 3.19. The molecular weight excluding hydrogens is 307 g/mol. The Morgan fingerprint density at radius 2 is 1.96 bits per heavy atom. The van der Waals surface area contributed by atoms with Crippen LogP contribution in [0.15, 0.2) is 24.3 Å². The number of likely N-dealkylation sites (tertiary alicyclic amines) is 1. The number of fused-ring (bicyclic) bond motifs is 5. The van der Waals surface area contributed by atoms with E-state index in [1.165, 1.54) is 31.4 Å². The minimum Gasteiger partial charge on any atom is -0.371 e. The third-order valence-corrected chi connectivity index (χ3v) is 6.55. The van der Waals surface area contributed by atoms with E-state index in [-0.39, 0.29) is 11.9 Å². The summed E-state index contributed by atoms with van der Waals surface area (Å²) in [5.74, 6) is 1.89. The van der Waals surface area contributed by atoms with Gasteiger partial charge in [0.25, 0.3) is 0 Å². The van der Waals surface area contributed by atoms with Crippen molar-refractivity contribution >= 4 is 5.91 Å². The van der Waals surface area contributed by atoms with Crippen molar-refractivity contribution in [3.05, 3.63) is 35.6 Å². The van der Waals surface area contributed by atoms with E-state index in [9.17, 15) is 9.18 Å². The second-order valence-corrected chi connectivity index (χ2v) is 7.79. The van der Waals surface area contributed by atoms with Crippen LogP contribution in [0.3, 0.4) is 0 Å². The number of hydrogen-bond donors (Lipinski definition) is 0. The molecule has 2 bridgehead atoms. The summed E-state index contributed by atoms with van der Waals surface area (Å²) in [6, 6.07) is 7.06. The zero-order valence-corrected chi connectivity index (χ0v) is 13.7. The monoisotopic (exact) mass is 330 g/mol. The number of carbonyl (C=O) groups is 1. The molecule has 2 heterocycles. The molecule has 1 aromatic rings. The molecule has 0 spiro atoms. The van der Waals surface area contributed by atoms with E-state index in [1.807, 2.05) is 0 Å². The lowest BCUT2D eigenvalue weighted by molar-refractivity contribution is -0.168. The van der Waals surface area contributed by atoms with Crippen molar-refractivity contribution < 1.29 is 13.9 Å². The number of nitrogens with zero attached hydrogens (tertiary/aromatic N) is 2. The number of benzene rings is 1. The smallest absolute Gasteiger partial charge is 0.229 e. The molecule has 0 aromatic heterocycles. The summed E-state index contributed by atoms with van der Waals surface area (Å²) in [6.07, 6.45) is 3.79. The lowest BCUT2D eigenvalue weighted by atomic mass is 9.76. The topological polar surface area (TPSA) is 32.8 Å². The van der Waals surface area contributed by atoms with Crippen molar-refractivity contribution in [3.63, 3.8) is 0 Å². The number of β-lactam (4-membered cyclic amide) rings is 1. The highest BCUT2D eigenvalue weighted by Gasteiger charge is 2.61. The van der Waals surface area contributed by atoms with E-state index in [2.05, 4.69) is 9.80 Å². The Bertz CT molecular complexity index is 649. The van der Waals surface area contributed by atoms with E-state index >= 15 is 0 Å². The molecule has 1 amide bonds. The fourth-order valence-electron chi connectivity index (χ4n) is 5.40. The van der Waals surface area contributed by atoms with Gasteiger partial charge in [0.1, 0.15) is 5.82 Å². The molecule has 24 heavy (non-hydrogen) atoms. The lowest BCUT2D eigenvalue weighted by Crippen LogP contribution is -2.66. The van der Waals surface area contributed by atoms with Gasteiger partial charge in [-0.15, -0.1) is 0 Å². The van der Waals surface area contributed by atoms with E-state index in [4.69, 9.17) is 4.74 Å². The maximum absolute atomic E-state index is 13.1. The summed E-state index contributed by atoms with van der Waals surface area (Å²) in [7, 11) is 0. The second kappa shape index (κ2) is 5.53. The van der Waals surface area contributed by atoms with Gasteiger partial charge in [-0.2, -0.15) is 0 Å². The number of carbonyl (C=O) groups excluding carboxylic acids is 1. The Kier molecular flexibility index (Phi) is 3.42. The zero-order chi connectivity index (χ0) is 16.3. The molecule has 4 aliphatic rings. The van der Waals surface area contributed by atoms with Gasteiger partial charge in [0.05, 0.1) is 25.3 Å². The predicted octanol–water partition coefficient (Wildman–Crippen LogP) is 2.41. The van der Waals surface area contributed by atoms with Crippen molar-refractivity contribution in [2.45, 2.75) is 31.4 Å². The van der Waals surface area contributed by atoms with Crippen LogP contribution in [0, 0.1) is 23.6 Å². The Labute approximate surface area is 141 Å².